The van der Waals surface area contributed by atoms with Crippen molar-refractivity contribution in [2.75, 3.05) is 0 Å². The molecule has 3 aromatic heterocycles. The fraction of sp³-hybridized carbons (Fsp3) is 0. The number of rotatable bonds is 6. The van der Waals surface area contributed by atoms with Crippen LogP contribution in [0.25, 0.3) is 119 Å². The Bertz CT molecular complexity index is 3590. The Morgan fingerprint density at radius 1 is 0.300 bits per heavy atom. The molecule has 0 atom stereocenters. The van der Waals surface area contributed by atoms with E-state index in [9.17, 15) is 0 Å². The quantitative estimate of drug-likeness (QED) is 0.168. The van der Waals surface area contributed by atoms with Gasteiger partial charge in [-0.1, -0.05) is 170 Å². The first-order valence-electron chi connectivity index (χ1n) is 20.0. The molecule has 280 valence electrons. The molecule has 0 spiro atoms. The standard InChI is InChI=1S/C54H32N4S2/c1-3-12-33(13-4-1)35-24-27-37(28-25-35)54-55-46-32-48-45(31-49(46)60-54)50-43(21-11-23-47(50)59-48)41-19-9-20-42-40(41)18-10-22-44(42)53-57-51(36-15-5-2-6-16-36)56-52(58-53)39-29-26-34-14-7-8-17-38(34)30-39/h1-32H. The van der Waals surface area contributed by atoms with Crippen LogP contribution in [0.5, 0.6) is 0 Å². The molecule has 9 aromatic carbocycles. The van der Waals surface area contributed by atoms with E-state index in [1.165, 1.54) is 52.5 Å². The van der Waals surface area contributed by atoms with Gasteiger partial charge in [-0.3, -0.25) is 0 Å². The maximum absolute atomic E-state index is 5.19. The number of thiazole rings is 1. The molecule has 12 aromatic rings. The van der Waals surface area contributed by atoms with Crippen LogP contribution in [0.2, 0.25) is 0 Å². The lowest BCUT2D eigenvalue weighted by molar-refractivity contribution is 1.08. The molecule has 0 saturated heterocycles. The van der Waals surface area contributed by atoms with Gasteiger partial charge >= 0.3 is 0 Å². The SMILES string of the molecule is c1ccc(-c2ccc(-c3nc4cc5sc6cccc(-c7cccc8c(-c9nc(-c%10ccccc%10)nc(-c%10ccc%11ccccc%11c%10)n9)cccc78)c6c5cc4s3)cc2)cc1. The average molecular weight is 801 g/mol. The summed E-state index contributed by atoms with van der Waals surface area (Å²) in [4.78, 5) is 20.5. The Kier molecular flexibility index (Phi) is 8.18. The van der Waals surface area contributed by atoms with Crippen molar-refractivity contribution in [3.8, 4) is 67.0 Å². The molecule has 0 amide bonds. The molecule has 0 bridgehead atoms. The largest absolute Gasteiger partial charge is 0.236 e. The van der Waals surface area contributed by atoms with Crippen LogP contribution in [0, 0.1) is 0 Å². The molecule has 4 nitrogen and oxygen atoms in total. The lowest BCUT2D eigenvalue weighted by Crippen LogP contribution is -2.00. The third-order valence-corrected chi connectivity index (χ3v) is 13.6. The van der Waals surface area contributed by atoms with Gasteiger partial charge in [-0.2, -0.15) is 0 Å². The van der Waals surface area contributed by atoms with Crippen LogP contribution in [-0.4, -0.2) is 19.9 Å². The minimum atomic E-state index is 0.645. The molecular formula is C54H32N4S2. The molecule has 0 fully saturated rings. The van der Waals surface area contributed by atoms with Gasteiger partial charge in [0, 0.05) is 42.4 Å². The summed E-state index contributed by atoms with van der Waals surface area (Å²) in [5.41, 5.74) is 9.84. The molecule has 0 aliphatic carbocycles. The number of fused-ring (bicyclic) bond motifs is 6. The van der Waals surface area contributed by atoms with Crippen molar-refractivity contribution in [1.29, 1.82) is 0 Å². The van der Waals surface area contributed by atoms with Crippen LogP contribution in [0.15, 0.2) is 194 Å². The summed E-state index contributed by atoms with van der Waals surface area (Å²) in [5, 5.41) is 8.12. The molecule has 0 saturated carbocycles. The van der Waals surface area contributed by atoms with Crippen LogP contribution in [0.3, 0.4) is 0 Å². The summed E-state index contributed by atoms with van der Waals surface area (Å²) < 4.78 is 3.68. The summed E-state index contributed by atoms with van der Waals surface area (Å²) in [7, 11) is 0. The predicted octanol–water partition coefficient (Wildman–Crippen LogP) is 15.2. The second-order valence-electron chi connectivity index (χ2n) is 15.0. The zero-order chi connectivity index (χ0) is 39.6. The van der Waals surface area contributed by atoms with Crippen LogP contribution < -0.4 is 0 Å². The van der Waals surface area contributed by atoms with E-state index in [4.69, 9.17) is 19.9 Å². The second-order valence-corrected chi connectivity index (χ2v) is 17.1. The molecule has 3 heterocycles. The molecule has 0 radical (unpaired) electrons. The first-order chi connectivity index (χ1) is 29.7. The van der Waals surface area contributed by atoms with Gasteiger partial charge < -0.3 is 0 Å². The minimum absolute atomic E-state index is 0.645. The summed E-state index contributed by atoms with van der Waals surface area (Å²) in [6.07, 6.45) is 0. The third kappa shape index (κ3) is 5.96. The molecule has 0 aliphatic rings. The van der Waals surface area contributed by atoms with E-state index in [0.29, 0.717) is 17.5 Å². The first-order valence-corrected chi connectivity index (χ1v) is 21.6. The number of hydrogen-bond donors (Lipinski definition) is 0. The fourth-order valence-corrected chi connectivity index (χ4v) is 10.6. The summed E-state index contributed by atoms with van der Waals surface area (Å²) in [6.45, 7) is 0. The van der Waals surface area contributed by atoms with Crippen LogP contribution in [0.1, 0.15) is 0 Å². The zero-order valence-corrected chi connectivity index (χ0v) is 33.7. The number of aromatic nitrogens is 4. The van der Waals surface area contributed by atoms with Crippen LogP contribution in [0.4, 0.5) is 0 Å². The van der Waals surface area contributed by atoms with Gasteiger partial charge in [0.1, 0.15) is 5.01 Å². The van der Waals surface area contributed by atoms with E-state index >= 15 is 0 Å². The fourth-order valence-electron chi connectivity index (χ4n) is 8.44. The Morgan fingerprint density at radius 3 is 1.70 bits per heavy atom. The van der Waals surface area contributed by atoms with Crippen molar-refractivity contribution in [3.63, 3.8) is 0 Å². The summed E-state index contributed by atoms with van der Waals surface area (Å²) in [5.74, 6) is 1.94. The van der Waals surface area contributed by atoms with Gasteiger partial charge in [-0.05, 0) is 68.1 Å². The van der Waals surface area contributed by atoms with E-state index in [0.717, 1.165) is 48.9 Å². The number of hydrogen-bond acceptors (Lipinski definition) is 6. The number of nitrogens with zero attached hydrogens (tertiary/aromatic N) is 4. The van der Waals surface area contributed by atoms with E-state index in [1.807, 2.05) is 29.5 Å². The highest BCUT2D eigenvalue weighted by Gasteiger charge is 2.19. The molecule has 0 aliphatic heterocycles. The molecule has 60 heavy (non-hydrogen) atoms. The Labute approximate surface area is 353 Å². The van der Waals surface area contributed by atoms with Gasteiger partial charge in [-0.15, -0.1) is 22.7 Å². The van der Waals surface area contributed by atoms with Crippen molar-refractivity contribution < 1.29 is 0 Å². The average Bonchev–Trinajstić information content (AvgIpc) is 3.91. The van der Waals surface area contributed by atoms with Crippen molar-refractivity contribution in [3.05, 3.63) is 194 Å². The van der Waals surface area contributed by atoms with Gasteiger partial charge in [-0.25, -0.2) is 19.9 Å². The highest BCUT2D eigenvalue weighted by Crippen LogP contribution is 2.45. The molecular weight excluding hydrogens is 769 g/mol. The van der Waals surface area contributed by atoms with Gasteiger partial charge in [0.25, 0.3) is 0 Å². The van der Waals surface area contributed by atoms with E-state index in [2.05, 4.69) is 176 Å². The number of thiophene rings is 1. The molecule has 12 rings (SSSR count). The zero-order valence-electron chi connectivity index (χ0n) is 32.1. The van der Waals surface area contributed by atoms with Gasteiger partial charge in [0.15, 0.2) is 17.5 Å². The second kappa shape index (κ2) is 14.2. The van der Waals surface area contributed by atoms with Crippen molar-refractivity contribution in [1.82, 2.24) is 19.9 Å². The summed E-state index contributed by atoms with van der Waals surface area (Å²) >= 11 is 3.59. The maximum Gasteiger partial charge on any atom is 0.164 e. The van der Waals surface area contributed by atoms with E-state index in [-0.39, 0.29) is 0 Å². The van der Waals surface area contributed by atoms with Crippen molar-refractivity contribution in [2.24, 2.45) is 0 Å². The highest BCUT2D eigenvalue weighted by molar-refractivity contribution is 7.26. The lowest BCUT2D eigenvalue weighted by atomic mass is 9.93. The Morgan fingerprint density at radius 2 is 0.900 bits per heavy atom. The topological polar surface area (TPSA) is 51.6 Å². The Balaban J connectivity index is 0.984. The van der Waals surface area contributed by atoms with Crippen molar-refractivity contribution >= 4 is 74.6 Å². The van der Waals surface area contributed by atoms with Crippen LogP contribution >= 0.6 is 22.7 Å². The van der Waals surface area contributed by atoms with Crippen molar-refractivity contribution in [2.45, 2.75) is 0 Å². The smallest absolute Gasteiger partial charge is 0.164 e. The predicted molar refractivity (Wildman–Crippen MR) is 254 cm³/mol. The van der Waals surface area contributed by atoms with E-state index < -0.39 is 0 Å². The Hall–Kier alpha value is -7.38. The van der Waals surface area contributed by atoms with Crippen LogP contribution in [-0.2, 0) is 0 Å². The molecule has 0 N–H and O–H groups in total. The monoisotopic (exact) mass is 800 g/mol. The normalized spacial score (nSPS) is 11.7. The van der Waals surface area contributed by atoms with Gasteiger partial charge in [0.05, 0.1) is 10.2 Å². The van der Waals surface area contributed by atoms with Gasteiger partial charge in [0.2, 0.25) is 0 Å². The number of benzene rings is 9. The third-order valence-electron chi connectivity index (χ3n) is 11.4. The highest BCUT2D eigenvalue weighted by atomic mass is 32.1. The lowest BCUT2D eigenvalue weighted by Gasteiger charge is -2.13. The summed E-state index contributed by atoms with van der Waals surface area (Å²) in [6, 6.07) is 68.6. The first kappa shape index (κ1) is 34.6. The minimum Gasteiger partial charge on any atom is -0.236 e. The van der Waals surface area contributed by atoms with E-state index in [1.54, 1.807) is 11.3 Å². The maximum atomic E-state index is 5.19. The molecule has 6 heteroatoms. The molecule has 0 unspecified atom stereocenters.